The minimum Gasteiger partial charge on any atom is -0.370 e. The van der Waals surface area contributed by atoms with Crippen LogP contribution in [0.2, 0.25) is 0 Å². The first-order valence-corrected chi connectivity index (χ1v) is 6.96. The van der Waals surface area contributed by atoms with Crippen molar-refractivity contribution in [3.63, 3.8) is 0 Å². The molecule has 0 aliphatic carbocycles. The van der Waals surface area contributed by atoms with Gasteiger partial charge >= 0.3 is 0 Å². The van der Waals surface area contributed by atoms with Crippen molar-refractivity contribution in [2.45, 2.75) is 12.6 Å². The SMILES string of the molecule is CC1(O)NNC(=O)C(c2c(F)cccc2F)=C1c1ccccc1. The molecule has 0 aromatic heterocycles. The Morgan fingerprint density at radius 2 is 1.61 bits per heavy atom. The monoisotopic (exact) mass is 316 g/mol. The molecule has 118 valence electrons. The molecule has 2 aromatic carbocycles. The van der Waals surface area contributed by atoms with Crippen LogP contribution >= 0.6 is 0 Å². The first-order chi connectivity index (χ1) is 10.9. The lowest BCUT2D eigenvalue weighted by Crippen LogP contribution is -2.57. The van der Waals surface area contributed by atoms with Gasteiger partial charge in [0.05, 0.1) is 11.1 Å². The molecule has 3 rings (SSSR count). The number of hydrazine groups is 1. The molecule has 1 aliphatic rings. The van der Waals surface area contributed by atoms with Gasteiger partial charge in [0.25, 0.3) is 5.91 Å². The van der Waals surface area contributed by atoms with Crippen molar-refractivity contribution >= 4 is 17.1 Å². The fourth-order valence-corrected chi connectivity index (χ4v) is 2.67. The highest BCUT2D eigenvalue weighted by Crippen LogP contribution is 2.37. The third-order valence-electron chi connectivity index (χ3n) is 3.66. The third-order valence-corrected chi connectivity index (χ3v) is 3.66. The summed E-state index contributed by atoms with van der Waals surface area (Å²) in [5.74, 6) is -2.47. The summed E-state index contributed by atoms with van der Waals surface area (Å²) in [6, 6.07) is 11.8. The van der Waals surface area contributed by atoms with Crippen molar-refractivity contribution in [1.82, 2.24) is 10.9 Å². The van der Waals surface area contributed by atoms with Gasteiger partial charge in [0.2, 0.25) is 0 Å². The van der Waals surface area contributed by atoms with Crippen molar-refractivity contribution in [2.75, 3.05) is 0 Å². The molecule has 2 aromatic rings. The lowest BCUT2D eigenvalue weighted by molar-refractivity contribution is -0.119. The molecule has 0 bridgehead atoms. The standard InChI is InChI=1S/C17H14F2N2O2/c1-17(23)15(10-6-3-2-4-7-10)14(16(22)20-21-17)13-11(18)8-5-9-12(13)19/h2-9,21,23H,1H3,(H,20,22). The molecule has 0 saturated heterocycles. The molecule has 3 N–H and O–H groups in total. The molecule has 1 aliphatic heterocycles. The Balaban J connectivity index is 2.39. The normalized spacial score (nSPS) is 21.3. The lowest BCUT2D eigenvalue weighted by Gasteiger charge is -2.35. The number of nitrogens with one attached hydrogen (secondary N) is 2. The van der Waals surface area contributed by atoms with Crippen LogP contribution in [0.5, 0.6) is 0 Å². The summed E-state index contributed by atoms with van der Waals surface area (Å²) in [7, 11) is 0. The number of halogens is 2. The first-order valence-electron chi connectivity index (χ1n) is 6.96. The molecular formula is C17H14F2N2O2. The van der Waals surface area contributed by atoms with Crippen LogP contribution in [0.3, 0.4) is 0 Å². The van der Waals surface area contributed by atoms with Gasteiger partial charge in [0.1, 0.15) is 11.6 Å². The Hall–Kier alpha value is -2.57. The van der Waals surface area contributed by atoms with E-state index in [1.807, 2.05) is 0 Å². The van der Waals surface area contributed by atoms with Gasteiger partial charge in [-0.25, -0.2) is 8.78 Å². The molecule has 1 amide bonds. The molecule has 1 atom stereocenters. The van der Waals surface area contributed by atoms with Crippen LogP contribution in [0.4, 0.5) is 8.78 Å². The van der Waals surface area contributed by atoms with Crippen LogP contribution in [0.15, 0.2) is 48.5 Å². The summed E-state index contributed by atoms with van der Waals surface area (Å²) < 4.78 is 28.4. The average Bonchev–Trinajstić information content (AvgIpc) is 2.51. The van der Waals surface area contributed by atoms with E-state index in [1.165, 1.54) is 13.0 Å². The Labute approximate surface area is 131 Å². The van der Waals surface area contributed by atoms with Crippen molar-refractivity contribution in [1.29, 1.82) is 0 Å². The van der Waals surface area contributed by atoms with E-state index >= 15 is 0 Å². The van der Waals surface area contributed by atoms with Crippen LogP contribution in [-0.2, 0) is 4.79 Å². The van der Waals surface area contributed by atoms with Gasteiger partial charge in [-0.15, -0.1) is 0 Å². The maximum absolute atomic E-state index is 14.2. The second kappa shape index (κ2) is 5.57. The Morgan fingerprint density at radius 1 is 1.00 bits per heavy atom. The summed E-state index contributed by atoms with van der Waals surface area (Å²) in [6.07, 6.45) is 0. The van der Waals surface area contributed by atoms with E-state index < -0.39 is 28.8 Å². The summed E-state index contributed by atoms with van der Waals surface area (Å²) in [4.78, 5) is 12.3. The summed E-state index contributed by atoms with van der Waals surface area (Å²) in [6.45, 7) is 1.40. The number of aliphatic hydroxyl groups is 1. The van der Waals surface area contributed by atoms with E-state index in [0.717, 1.165) is 12.1 Å². The number of rotatable bonds is 2. The Bertz CT molecular complexity index is 781. The summed E-state index contributed by atoms with van der Waals surface area (Å²) in [5, 5.41) is 10.6. The van der Waals surface area contributed by atoms with Gasteiger partial charge in [0.15, 0.2) is 5.72 Å². The van der Waals surface area contributed by atoms with Gasteiger partial charge < -0.3 is 5.11 Å². The molecule has 0 fully saturated rings. The molecule has 0 saturated carbocycles. The minimum absolute atomic E-state index is 0.103. The van der Waals surface area contributed by atoms with Gasteiger partial charge in [-0.1, -0.05) is 36.4 Å². The zero-order chi connectivity index (χ0) is 16.6. The van der Waals surface area contributed by atoms with Crippen LogP contribution in [0.1, 0.15) is 18.1 Å². The molecule has 1 unspecified atom stereocenters. The average molecular weight is 316 g/mol. The van der Waals surface area contributed by atoms with Gasteiger partial charge in [-0.05, 0) is 24.6 Å². The van der Waals surface area contributed by atoms with E-state index in [9.17, 15) is 18.7 Å². The summed E-state index contributed by atoms with van der Waals surface area (Å²) >= 11 is 0. The van der Waals surface area contributed by atoms with Gasteiger partial charge in [0, 0.05) is 5.57 Å². The predicted octanol–water partition coefficient (Wildman–Crippen LogP) is 2.22. The molecule has 1 heterocycles. The molecule has 4 nitrogen and oxygen atoms in total. The molecule has 6 heteroatoms. The zero-order valence-corrected chi connectivity index (χ0v) is 12.2. The van der Waals surface area contributed by atoms with E-state index in [4.69, 9.17) is 0 Å². The number of carbonyl (C=O) groups is 1. The van der Waals surface area contributed by atoms with Crippen molar-refractivity contribution < 1.29 is 18.7 Å². The van der Waals surface area contributed by atoms with Crippen LogP contribution in [0.25, 0.3) is 11.1 Å². The highest BCUT2D eigenvalue weighted by atomic mass is 19.1. The largest absolute Gasteiger partial charge is 0.370 e. The minimum atomic E-state index is -1.70. The Kier molecular flexibility index (Phi) is 3.71. The highest BCUT2D eigenvalue weighted by molar-refractivity contribution is 6.28. The highest BCUT2D eigenvalue weighted by Gasteiger charge is 2.39. The first kappa shape index (κ1) is 15.3. The molecule has 0 spiro atoms. The topological polar surface area (TPSA) is 61.4 Å². The van der Waals surface area contributed by atoms with Crippen molar-refractivity contribution in [2.24, 2.45) is 0 Å². The van der Waals surface area contributed by atoms with Crippen LogP contribution < -0.4 is 10.9 Å². The number of carbonyl (C=O) groups excluding carboxylic acids is 1. The van der Waals surface area contributed by atoms with Gasteiger partial charge in [-0.3, -0.25) is 10.2 Å². The number of hydrogen-bond donors (Lipinski definition) is 3. The van der Waals surface area contributed by atoms with E-state index in [1.54, 1.807) is 30.3 Å². The van der Waals surface area contributed by atoms with Crippen LogP contribution in [0, 0.1) is 11.6 Å². The van der Waals surface area contributed by atoms with Gasteiger partial charge in [-0.2, -0.15) is 5.43 Å². The van der Waals surface area contributed by atoms with Crippen LogP contribution in [-0.4, -0.2) is 16.7 Å². The lowest BCUT2D eigenvalue weighted by atomic mass is 9.86. The second-order valence-electron chi connectivity index (χ2n) is 5.36. The third kappa shape index (κ3) is 2.62. The fourth-order valence-electron chi connectivity index (χ4n) is 2.67. The maximum Gasteiger partial charge on any atom is 0.266 e. The molecule has 0 radical (unpaired) electrons. The second-order valence-corrected chi connectivity index (χ2v) is 5.36. The number of amides is 1. The number of benzene rings is 2. The quantitative estimate of drug-likeness (QED) is 0.796. The van der Waals surface area contributed by atoms with E-state index in [2.05, 4.69) is 10.9 Å². The smallest absolute Gasteiger partial charge is 0.266 e. The van der Waals surface area contributed by atoms with E-state index in [0.29, 0.717) is 5.56 Å². The summed E-state index contributed by atoms with van der Waals surface area (Å²) in [5.41, 5.74) is 2.88. The maximum atomic E-state index is 14.2. The number of hydrogen-bond acceptors (Lipinski definition) is 3. The van der Waals surface area contributed by atoms with Crippen molar-refractivity contribution in [3.05, 3.63) is 71.3 Å². The molecule has 23 heavy (non-hydrogen) atoms. The zero-order valence-electron chi connectivity index (χ0n) is 12.2. The molecular weight excluding hydrogens is 302 g/mol. The predicted molar refractivity (Wildman–Crippen MR) is 81.5 cm³/mol. The van der Waals surface area contributed by atoms with E-state index in [-0.39, 0.29) is 11.1 Å². The fraction of sp³-hybridized carbons (Fsp3) is 0.118. The van der Waals surface area contributed by atoms with Crippen molar-refractivity contribution in [3.8, 4) is 0 Å². The Morgan fingerprint density at radius 3 is 2.22 bits per heavy atom.